The molecule has 0 aliphatic carbocycles. The summed E-state index contributed by atoms with van der Waals surface area (Å²) >= 11 is 6.20. The lowest BCUT2D eigenvalue weighted by Gasteiger charge is -2.30. The minimum absolute atomic E-state index is 0.118. The Morgan fingerprint density at radius 2 is 1.91 bits per heavy atom. The molecule has 15 heteroatoms. The molecule has 1 saturated heterocycles. The molecule has 1 fully saturated rings. The number of fused-ring (bicyclic) bond motifs is 1. The Labute approximate surface area is 252 Å². The maximum absolute atomic E-state index is 12.2. The van der Waals surface area contributed by atoms with Crippen LogP contribution in [-0.2, 0) is 25.5 Å². The third-order valence-corrected chi connectivity index (χ3v) is 7.67. The summed E-state index contributed by atoms with van der Waals surface area (Å²) in [5.41, 5.74) is -4.30. The number of carboxylic acids is 2. The van der Waals surface area contributed by atoms with Crippen molar-refractivity contribution in [3.05, 3.63) is 47.5 Å². The number of benzene rings is 1. The van der Waals surface area contributed by atoms with Gasteiger partial charge in [-0.15, -0.1) is 6.42 Å². The van der Waals surface area contributed by atoms with Gasteiger partial charge < -0.3 is 40.1 Å². The number of likely N-dealkylation sites (N-methyl/N-ethyl adjacent to an activating group) is 1. The standard InChI is InChI=1S/C28H33ClN6O8/c1-4-27(41)18(15-42-28(24(37)38,25(39)40)14-17-10-8-7-9-11-17)43-23(20(27)36)35-16-31-19-21(32-26(29)33-22(19)35)30-12-13-34(5-2)6-3/h1,7-11,16,18,20,23,36,41H,5-6,12-15H2,2-3H3,(H,37,38)(H,39,40)(H,30,32,33)/t18-,20+,23-,27-/m1/s1. The highest BCUT2D eigenvalue weighted by molar-refractivity contribution is 6.28. The Kier molecular flexibility index (Phi) is 9.86. The van der Waals surface area contributed by atoms with Crippen molar-refractivity contribution in [2.24, 2.45) is 0 Å². The number of ether oxygens (including phenoxy) is 2. The molecule has 14 nitrogen and oxygen atoms in total. The highest BCUT2D eigenvalue weighted by Gasteiger charge is 2.58. The first-order chi connectivity index (χ1) is 20.5. The molecule has 230 valence electrons. The second-order valence-electron chi connectivity index (χ2n) is 9.96. The van der Waals surface area contributed by atoms with E-state index in [0.29, 0.717) is 23.4 Å². The number of carbonyl (C=O) groups is 2. The van der Waals surface area contributed by atoms with Crippen LogP contribution in [0.4, 0.5) is 5.82 Å². The Bertz CT molecular complexity index is 1480. The van der Waals surface area contributed by atoms with E-state index in [-0.39, 0.29) is 10.9 Å². The van der Waals surface area contributed by atoms with E-state index >= 15 is 0 Å². The second-order valence-corrected chi connectivity index (χ2v) is 10.3. The number of nitrogens with zero attached hydrogens (tertiary/aromatic N) is 5. The fraction of sp³-hybridized carbons (Fsp3) is 0.464. The Morgan fingerprint density at radius 3 is 2.51 bits per heavy atom. The predicted octanol–water partition coefficient (Wildman–Crippen LogP) is 1.02. The van der Waals surface area contributed by atoms with Crippen LogP contribution in [0.15, 0.2) is 36.7 Å². The molecule has 3 heterocycles. The number of anilines is 1. The number of aliphatic hydroxyl groups excluding tert-OH is 1. The maximum Gasteiger partial charge on any atom is 0.348 e. The molecule has 0 amide bonds. The van der Waals surface area contributed by atoms with E-state index in [4.69, 9.17) is 27.5 Å². The van der Waals surface area contributed by atoms with Gasteiger partial charge in [-0.25, -0.2) is 14.6 Å². The van der Waals surface area contributed by atoms with Gasteiger partial charge in [0, 0.05) is 19.5 Å². The Morgan fingerprint density at radius 1 is 1.23 bits per heavy atom. The number of aliphatic hydroxyl groups is 2. The third kappa shape index (κ3) is 6.28. The molecule has 43 heavy (non-hydrogen) atoms. The van der Waals surface area contributed by atoms with Gasteiger partial charge in [-0.3, -0.25) is 4.57 Å². The molecule has 0 radical (unpaired) electrons. The van der Waals surface area contributed by atoms with Gasteiger partial charge >= 0.3 is 11.9 Å². The number of nitrogens with one attached hydrogen (secondary N) is 1. The van der Waals surface area contributed by atoms with Crippen LogP contribution in [-0.4, -0.2) is 113 Å². The summed E-state index contributed by atoms with van der Waals surface area (Å²) in [6.45, 7) is 6.34. The predicted molar refractivity (Wildman–Crippen MR) is 154 cm³/mol. The minimum Gasteiger partial charge on any atom is -0.479 e. The molecule has 0 saturated carbocycles. The van der Waals surface area contributed by atoms with Crippen LogP contribution >= 0.6 is 11.6 Å². The summed E-state index contributed by atoms with van der Waals surface area (Å²) in [4.78, 5) is 39.5. The number of aromatic nitrogens is 4. The minimum atomic E-state index is -2.74. The zero-order chi connectivity index (χ0) is 31.4. The summed E-state index contributed by atoms with van der Waals surface area (Å²) in [6.07, 6.45) is 1.65. The molecule has 1 aliphatic rings. The van der Waals surface area contributed by atoms with Crippen molar-refractivity contribution in [2.45, 2.75) is 49.9 Å². The van der Waals surface area contributed by atoms with Crippen LogP contribution in [0.1, 0.15) is 25.6 Å². The molecule has 0 spiro atoms. The molecule has 4 atom stereocenters. The molecule has 5 N–H and O–H groups in total. The zero-order valence-electron chi connectivity index (χ0n) is 23.6. The van der Waals surface area contributed by atoms with E-state index in [1.807, 2.05) is 0 Å². The second kappa shape index (κ2) is 13.2. The number of carboxylic acid groups (broad SMARTS) is 2. The number of rotatable bonds is 14. The average molecular weight is 617 g/mol. The van der Waals surface area contributed by atoms with E-state index in [2.05, 4.69) is 44.9 Å². The van der Waals surface area contributed by atoms with Crippen molar-refractivity contribution in [2.75, 3.05) is 38.1 Å². The number of hydrogen-bond donors (Lipinski definition) is 5. The SMILES string of the molecule is C#C[C@@]1(O)[C@@H](COC(Cc2ccccc2)(C(=O)O)C(=O)O)O[C@@H](n2cnc3c(NCCN(CC)CC)nc(Cl)nc32)[C@@H]1O. The summed E-state index contributed by atoms with van der Waals surface area (Å²) in [5.74, 6) is -1.10. The van der Waals surface area contributed by atoms with Gasteiger partial charge in [-0.05, 0) is 30.3 Å². The quantitative estimate of drug-likeness (QED) is 0.0980. The lowest BCUT2D eigenvalue weighted by Crippen LogP contribution is -2.55. The van der Waals surface area contributed by atoms with Gasteiger partial charge in [-0.1, -0.05) is 50.1 Å². The Balaban J connectivity index is 1.60. The summed E-state index contributed by atoms with van der Waals surface area (Å²) in [7, 11) is 0. The molecule has 3 aromatic rings. The lowest BCUT2D eigenvalue weighted by molar-refractivity contribution is -0.191. The Hall–Kier alpha value is -3.84. The van der Waals surface area contributed by atoms with E-state index in [0.717, 1.165) is 19.6 Å². The highest BCUT2D eigenvalue weighted by Crippen LogP contribution is 2.39. The largest absolute Gasteiger partial charge is 0.479 e. The summed E-state index contributed by atoms with van der Waals surface area (Å²) in [6, 6.07) is 8.05. The fourth-order valence-electron chi connectivity index (χ4n) is 4.91. The topological polar surface area (TPSA) is 192 Å². The molecule has 1 aliphatic heterocycles. The monoisotopic (exact) mass is 616 g/mol. The van der Waals surface area contributed by atoms with Crippen LogP contribution < -0.4 is 5.32 Å². The van der Waals surface area contributed by atoms with Crippen molar-refractivity contribution in [1.82, 2.24) is 24.4 Å². The van der Waals surface area contributed by atoms with Crippen LogP contribution in [0.25, 0.3) is 11.2 Å². The van der Waals surface area contributed by atoms with Crippen molar-refractivity contribution < 1.29 is 39.5 Å². The number of imidazole rings is 1. The summed E-state index contributed by atoms with van der Waals surface area (Å²) in [5, 5.41) is 45.3. The van der Waals surface area contributed by atoms with Crippen LogP contribution in [0.2, 0.25) is 5.28 Å². The maximum atomic E-state index is 12.2. The van der Waals surface area contributed by atoms with Gasteiger partial charge in [-0.2, -0.15) is 9.97 Å². The van der Waals surface area contributed by atoms with Gasteiger partial charge in [0.15, 0.2) is 28.8 Å². The molecular formula is C28H33ClN6O8. The number of halogens is 1. The van der Waals surface area contributed by atoms with E-state index < -0.39 is 54.6 Å². The lowest BCUT2D eigenvalue weighted by atomic mass is 9.92. The molecule has 2 aromatic heterocycles. The van der Waals surface area contributed by atoms with Crippen molar-refractivity contribution in [1.29, 1.82) is 0 Å². The van der Waals surface area contributed by atoms with Gasteiger partial charge in [0.1, 0.15) is 12.2 Å². The molecule has 4 rings (SSSR count). The van der Waals surface area contributed by atoms with Crippen molar-refractivity contribution in [3.63, 3.8) is 0 Å². The fourth-order valence-corrected chi connectivity index (χ4v) is 5.07. The van der Waals surface area contributed by atoms with Gasteiger partial charge in [0.2, 0.25) is 5.28 Å². The van der Waals surface area contributed by atoms with Crippen LogP contribution in [0.3, 0.4) is 0 Å². The number of terminal acetylenes is 1. The van der Waals surface area contributed by atoms with Gasteiger partial charge in [0.25, 0.3) is 5.60 Å². The van der Waals surface area contributed by atoms with Crippen LogP contribution in [0, 0.1) is 12.3 Å². The molecule has 0 bridgehead atoms. The van der Waals surface area contributed by atoms with Crippen molar-refractivity contribution >= 4 is 40.5 Å². The highest BCUT2D eigenvalue weighted by atomic mass is 35.5. The first kappa shape index (κ1) is 32.1. The number of hydrogen-bond acceptors (Lipinski definition) is 11. The van der Waals surface area contributed by atoms with Crippen LogP contribution in [0.5, 0.6) is 0 Å². The average Bonchev–Trinajstić information content (AvgIpc) is 3.51. The first-order valence-corrected chi connectivity index (χ1v) is 13.9. The smallest absolute Gasteiger partial charge is 0.348 e. The number of aliphatic carboxylic acids is 2. The molecule has 1 aromatic carbocycles. The first-order valence-electron chi connectivity index (χ1n) is 13.5. The zero-order valence-corrected chi connectivity index (χ0v) is 24.3. The summed E-state index contributed by atoms with van der Waals surface area (Å²) < 4.78 is 12.7. The van der Waals surface area contributed by atoms with E-state index in [1.54, 1.807) is 30.3 Å². The van der Waals surface area contributed by atoms with Gasteiger partial charge in [0.05, 0.1) is 12.9 Å². The molecular weight excluding hydrogens is 584 g/mol. The third-order valence-electron chi connectivity index (χ3n) is 7.50. The van der Waals surface area contributed by atoms with E-state index in [1.165, 1.54) is 10.9 Å². The van der Waals surface area contributed by atoms with E-state index in [9.17, 15) is 30.0 Å². The normalized spacial score (nSPS) is 22.1. The molecule has 0 unspecified atom stereocenters. The van der Waals surface area contributed by atoms with Crippen molar-refractivity contribution in [3.8, 4) is 12.3 Å².